The third kappa shape index (κ3) is 4.89. The van der Waals surface area contributed by atoms with Gasteiger partial charge in [0.05, 0.1) is 4.92 Å². The lowest BCUT2D eigenvalue weighted by Gasteiger charge is -2.05. The molecule has 0 saturated carbocycles. The number of anilines is 1. The number of hydrogen-bond donors (Lipinski definition) is 1. The van der Waals surface area contributed by atoms with Gasteiger partial charge in [0.25, 0.3) is 5.69 Å². The number of aryl methyl sites for hydroxylation is 1. The Bertz CT molecular complexity index is 654. The molecule has 0 aliphatic heterocycles. The molecule has 0 unspecified atom stereocenters. The molecule has 22 heavy (non-hydrogen) atoms. The molecule has 0 saturated heterocycles. The first-order valence-corrected chi connectivity index (χ1v) is 7.77. The van der Waals surface area contributed by atoms with Gasteiger partial charge in [-0.05, 0) is 31.2 Å². The molecule has 0 bridgehead atoms. The number of amides is 1. The molecule has 0 aliphatic rings. The predicted octanol–water partition coefficient (Wildman–Crippen LogP) is 4.02. The van der Waals surface area contributed by atoms with Gasteiger partial charge in [-0.1, -0.05) is 17.7 Å². The summed E-state index contributed by atoms with van der Waals surface area (Å²) >= 11 is 1.62. The van der Waals surface area contributed by atoms with Gasteiger partial charge in [0.2, 0.25) is 5.91 Å². The van der Waals surface area contributed by atoms with E-state index in [4.69, 9.17) is 0 Å². The molecule has 2 aromatic rings. The minimum atomic E-state index is -0.468. The minimum Gasteiger partial charge on any atom is -0.326 e. The van der Waals surface area contributed by atoms with Crippen LogP contribution in [0.3, 0.4) is 0 Å². The van der Waals surface area contributed by atoms with Crippen LogP contribution in [-0.4, -0.2) is 16.6 Å². The second-order valence-corrected chi connectivity index (χ2v) is 5.93. The first-order chi connectivity index (χ1) is 10.5. The van der Waals surface area contributed by atoms with Crippen LogP contribution in [0.1, 0.15) is 12.0 Å². The van der Waals surface area contributed by atoms with E-state index >= 15 is 0 Å². The summed E-state index contributed by atoms with van der Waals surface area (Å²) in [5.74, 6) is 0.579. The van der Waals surface area contributed by atoms with Crippen molar-refractivity contribution in [3.63, 3.8) is 0 Å². The molecule has 0 radical (unpaired) electrons. The minimum absolute atomic E-state index is 0.00734. The Morgan fingerprint density at radius 2 is 1.77 bits per heavy atom. The van der Waals surface area contributed by atoms with Gasteiger partial charge < -0.3 is 5.32 Å². The van der Waals surface area contributed by atoms with Crippen LogP contribution in [0.4, 0.5) is 11.4 Å². The molecule has 0 atom stereocenters. The Morgan fingerprint density at radius 1 is 1.14 bits per heavy atom. The molecule has 6 heteroatoms. The lowest BCUT2D eigenvalue weighted by molar-refractivity contribution is -0.384. The lowest BCUT2D eigenvalue weighted by Crippen LogP contribution is -2.12. The number of hydrogen-bond acceptors (Lipinski definition) is 4. The fraction of sp³-hybridized carbons (Fsp3) is 0.188. The van der Waals surface area contributed by atoms with Crippen LogP contribution in [0, 0.1) is 17.0 Å². The molecule has 0 aliphatic carbocycles. The predicted molar refractivity (Wildman–Crippen MR) is 88.2 cm³/mol. The zero-order valence-corrected chi connectivity index (χ0v) is 12.9. The largest absolute Gasteiger partial charge is 0.326 e. The Kier molecular flexibility index (Phi) is 5.55. The molecule has 1 N–H and O–H groups in total. The summed E-state index contributed by atoms with van der Waals surface area (Å²) in [6.45, 7) is 2.03. The SMILES string of the molecule is Cc1ccc(SCCC(=O)Nc2ccc([N+](=O)[O-])cc2)cc1. The number of carbonyl (C=O) groups is 1. The molecular weight excluding hydrogens is 300 g/mol. The van der Waals surface area contributed by atoms with E-state index in [1.165, 1.54) is 29.8 Å². The highest BCUT2D eigenvalue weighted by molar-refractivity contribution is 7.99. The van der Waals surface area contributed by atoms with Gasteiger partial charge in [-0.2, -0.15) is 0 Å². The first-order valence-electron chi connectivity index (χ1n) is 6.78. The van der Waals surface area contributed by atoms with Gasteiger partial charge in [0.15, 0.2) is 0 Å². The third-order valence-electron chi connectivity index (χ3n) is 2.98. The van der Waals surface area contributed by atoms with Crippen LogP contribution in [0.25, 0.3) is 0 Å². The Labute approximate surface area is 132 Å². The summed E-state index contributed by atoms with van der Waals surface area (Å²) in [5.41, 5.74) is 1.78. The molecule has 2 aromatic carbocycles. The Balaban J connectivity index is 1.77. The number of non-ortho nitro benzene ring substituents is 1. The van der Waals surface area contributed by atoms with Crippen molar-refractivity contribution in [3.8, 4) is 0 Å². The first kappa shape index (κ1) is 16.0. The van der Waals surface area contributed by atoms with Gasteiger partial charge in [-0.15, -0.1) is 11.8 Å². The smallest absolute Gasteiger partial charge is 0.269 e. The quantitative estimate of drug-likeness (QED) is 0.496. The molecule has 1 amide bonds. The lowest BCUT2D eigenvalue weighted by atomic mass is 10.2. The maximum Gasteiger partial charge on any atom is 0.269 e. The summed E-state index contributed by atoms with van der Waals surface area (Å²) in [7, 11) is 0. The Morgan fingerprint density at radius 3 is 2.36 bits per heavy atom. The summed E-state index contributed by atoms with van der Waals surface area (Å²) in [6, 6.07) is 14.0. The molecule has 114 valence electrons. The molecule has 2 rings (SSSR count). The maximum atomic E-state index is 11.8. The normalized spacial score (nSPS) is 10.2. The summed E-state index contributed by atoms with van der Waals surface area (Å²) in [6.07, 6.45) is 0.384. The molecule has 0 heterocycles. The van der Waals surface area contributed by atoms with E-state index in [1.54, 1.807) is 11.8 Å². The zero-order chi connectivity index (χ0) is 15.9. The third-order valence-corrected chi connectivity index (χ3v) is 3.99. The van der Waals surface area contributed by atoms with Crippen LogP contribution < -0.4 is 5.32 Å². The number of nitrogens with one attached hydrogen (secondary N) is 1. The summed E-state index contributed by atoms with van der Waals surface area (Å²) < 4.78 is 0. The number of rotatable bonds is 6. The van der Waals surface area contributed by atoms with Gasteiger partial charge >= 0.3 is 0 Å². The summed E-state index contributed by atoms with van der Waals surface area (Å²) in [5, 5.41) is 13.3. The van der Waals surface area contributed by atoms with Crippen molar-refractivity contribution in [2.45, 2.75) is 18.2 Å². The molecule has 0 fully saturated rings. The van der Waals surface area contributed by atoms with Crippen molar-refractivity contribution in [2.24, 2.45) is 0 Å². The fourth-order valence-electron chi connectivity index (χ4n) is 1.79. The molecule has 0 spiro atoms. The topological polar surface area (TPSA) is 72.2 Å². The van der Waals surface area contributed by atoms with E-state index in [9.17, 15) is 14.9 Å². The van der Waals surface area contributed by atoms with Gasteiger partial charge in [0, 0.05) is 34.9 Å². The maximum absolute atomic E-state index is 11.8. The van der Waals surface area contributed by atoms with Crippen molar-refractivity contribution in [1.82, 2.24) is 0 Å². The average Bonchev–Trinajstić information content (AvgIpc) is 2.50. The number of nitro benzene ring substituents is 1. The number of nitrogens with zero attached hydrogens (tertiary/aromatic N) is 1. The van der Waals surface area contributed by atoms with Crippen molar-refractivity contribution >= 4 is 29.0 Å². The zero-order valence-electron chi connectivity index (χ0n) is 12.1. The van der Waals surface area contributed by atoms with Crippen LogP contribution >= 0.6 is 11.8 Å². The fourth-order valence-corrected chi connectivity index (χ4v) is 2.64. The van der Waals surface area contributed by atoms with Crippen molar-refractivity contribution < 1.29 is 9.72 Å². The van der Waals surface area contributed by atoms with Crippen LogP contribution in [0.15, 0.2) is 53.4 Å². The van der Waals surface area contributed by atoms with Gasteiger partial charge in [0.1, 0.15) is 0 Å². The molecule has 5 nitrogen and oxygen atoms in total. The van der Waals surface area contributed by atoms with Crippen molar-refractivity contribution in [1.29, 1.82) is 0 Å². The second kappa shape index (κ2) is 7.61. The van der Waals surface area contributed by atoms with E-state index in [0.29, 0.717) is 17.9 Å². The highest BCUT2D eigenvalue weighted by Gasteiger charge is 2.06. The average molecular weight is 316 g/mol. The highest BCUT2D eigenvalue weighted by Crippen LogP contribution is 2.20. The molecular formula is C16H16N2O3S. The number of thioether (sulfide) groups is 1. The van der Waals surface area contributed by atoms with Crippen molar-refractivity contribution in [2.75, 3.05) is 11.1 Å². The standard InChI is InChI=1S/C16H16N2O3S/c1-12-2-8-15(9-3-12)22-11-10-16(19)17-13-4-6-14(7-5-13)18(20)21/h2-9H,10-11H2,1H3,(H,17,19). The Hall–Kier alpha value is -2.34. The van der Waals surface area contributed by atoms with E-state index in [2.05, 4.69) is 5.32 Å². The number of benzene rings is 2. The van der Waals surface area contributed by atoms with E-state index in [0.717, 1.165) is 4.90 Å². The van der Waals surface area contributed by atoms with Crippen LogP contribution in [0.2, 0.25) is 0 Å². The van der Waals surface area contributed by atoms with Crippen molar-refractivity contribution in [3.05, 3.63) is 64.2 Å². The number of carbonyl (C=O) groups excluding carboxylic acids is 1. The van der Waals surface area contributed by atoms with Crippen LogP contribution in [0.5, 0.6) is 0 Å². The van der Waals surface area contributed by atoms with Crippen LogP contribution in [-0.2, 0) is 4.79 Å². The highest BCUT2D eigenvalue weighted by atomic mass is 32.2. The monoisotopic (exact) mass is 316 g/mol. The summed E-state index contributed by atoms with van der Waals surface area (Å²) in [4.78, 5) is 23.0. The van der Waals surface area contributed by atoms with Gasteiger partial charge in [-0.25, -0.2) is 0 Å². The molecule has 0 aromatic heterocycles. The van der Waals surface area contributed by atoms with Gasteiger partial charge in [-0.3, -0.25) is 14.9 Å². The second-order valence-electron chi connectivity index (χ2n) is 4.76. The van der Waals surface area contributed by atoms with E-state index in [-0.39, 0.29) is 11.6 Å². The van der Waals surface area contributed by atoms with E-state index in [1.807, 2.05) is 31.2 Å². The number of nitro groups is 1. The van der Waals surface area contributed by atoms with E-state index < -0.39 is 4.92 Å².